The number of carbonyl (C=O) groups is 2. The van der Waals surface area contributed by atoms with Crippen molar-refractivity contribution in [2.75, 3.05) is 13.1 Å². The first-order valence-corrected chi connectivity index (χ1v) is 9.69. The van der Waals surface area contributed by atoms with Gasteiger partial charge in [-0.1, -0.05) is 37.3 Å². The number of rotatable bonds is 10. The number of nitrogens with zero attached hydrogens (tertiary/aromatic N) is 1. The first-order valence-electron chi connectivity index (χ1n) is 8.81. The lowest BCUT2D eigenvalue weighted by Gasteiger charge is -2.15. The Balaban J connectivity index is 1.55. The number of nitrogens with one attached hydrogen (secondary N) is 2. The summed E-state index contributed by atoms with van der Waals surface area (Å²) < 4.78 is 5.08. The summed E-state index contributed by atoms with van der Waals surface area (Å²) >= 11 is 1.45. The molecule has 0 radical (unpaired) electrons. The van der Waals surface area contributed by atoms with Gasteiger partial charge in [0.15, 0.2) is 0 Å². The Kier molecular flexibility index (Phi) is 8.62. The van der Waals surface area contributed by atoms with E-state index in [1.165, 1.54) is 11.3 Å². The molecule has 0 saturated carbocycles. The highest BCUT2D eigenvalue weighted by Gasteiger charge is 2.17. The fourth-order valence-corrected chi connectivity index (χ4v) is 3.04. The van der Waals surface area contributed by atoms with Crippen molar-refractivity contribution in [3.8, 4) is 0 Å². The van der Waals surface area contributed by atoms with Gasteiger partial charge in [-0.2, -0.15) is 0 Å². The van der Waals surface area contributed by atoms with Crippen molar-refractivity contribution < 1.29 is 14.3 Å². The molecule has 0 aliphatic carbocycles. The molecule has 2 amide bonds. The molecule has 0 aliphatic rings. The average Bonchev–Trinajstić information content (AvgIpc) is 3.18. The fourth-order valence-electron chi connectivity index (χ4n) is 2.53. The maximum Gasteiger partial charge on any atom is 0.407 e. The van der Waals surface area contributed by atoms with Crippen molar-refractivity contribution in [3.05, 3.63) is 52.5 Å². The van der Waals surface area contributed by atoms with Crippen LogP contribution in [0.5, 0.6) is 0 Å². The van der Waals surface area contributed by atoms with Gasteiger partial charge in [0.05, 0.1) is 16.3 Å². The molecular weight excluding hydrogens is 350 g/mol. The minimum absolute atomic E-state index is 0.0515. The minimum Gasteiger partial charge on any atom is -0.444 e. The Morgan fingerprint density at radius 2 is 1.88 bits per heavy atom. The first kappa shape index (κ1) is 19.9. The van der Waals surface area contributed by atoms with Crippen molar-refractivity contribution in [3.63, 3.8) is 0 Å². The Morgan fingerprint density at radius 1 is 1.15 bits per heavy atom. The smallest absolute Gasteiger partial charge is 0.407 e. The molecular formula is C19H25N3O3S. The molecule has 2 N–H and O–H groups in total. The molecule has 1 heterocycles. The molecule has 0 fully saturated rings. The van der Waals surface area contributed by atoms with E-state index in [0.717, 1.165) is 29.7 Å². The van der Waals surface area contributed by atoms with Crippen LogP contribution in [0.15, 0.2) is 42.0 Å². The number of benzene rings is 1. The van der Waals surface area contributed by atoms with Gasteiger partial charge < -0.3 is 15.4 Å². The van der Waals surface area contributed by atoms with Crippen molar-refractivity contribution >= 4 is 23.3 Å². The topological polar surface area (TPSA) is 80.3 Å². The Bertz CT molecular complexity index is 662. The van der Waals surface area contributed by atoms with Gasteiger partial charge in [0.1, 0.15) is 6.61 Å². The molecule has 2 aromatic rings. The molecule has 0 unspecified atom stereocenters. The van der Waals surface area contributed by atoms with Crippen LogP contribution in [-0.4, -0.2) is 30.1 Å². The molecule has 0 spiro atoms. The zero-order valence-electron chi connectivity index (χ0n) is 14.9. The van der Waals surface area contributed by atoms with E-state index in [-0.39, 0.29) is 18.4 Å². The van der Waals surface area contributed by atoms with E-state index in [4.69, 9.17) is 4.74 Å². The maximum absolute atomic E-state index is 12.3. The number of carbonyl (C=O) groups excluding carboxylic acids is 2. The number of aromatic nitrogens is 1. The normalized spacial score (nSPS) is 11.6. The standard InChI is InChI=1S/C19H25N3O3S/c1-2-17(15-8-4-3-5-9-15)18(23)21-10-6-7-11-22-19(24)25-13-16-12-20-14-26-16/h3-5,8-9,12,14,17H,2,6-7,10-11,13H2,1H3,(H,21,23)(H,22,24)/t17-/m1/s1. The molecule has 0 saturated heterocycles. The number of amides is 2. The third-order valence-electron chi connectivity index (χ3n) is 3.93. The largest absolute Gasteiger partial charge is 0.444 e. The summed E-state index contributed by atoms with van der Waals surface area (Å²) in [5, 5.41) is 5.68. The van der Waals surface area contributed by atoms with Crippen molar-refractivity contribution in [1.82, 2.24) is 15.6 Å². The lowest BCUT2D eigenvalue weighted by Crippen LogP contribution is -2.31. The maximum atomic E-state index is 12.3. The second-order valence-corrected chi connectivity index (χ2v) is 6.81. The third-order valence-corrected chi connectivity index (χ3v) is 4.68. The molecule has 7 heteroatoms. The molecule has 1 aromatic carbocycles. The van der Waals surface area contributed by atoms with Crippen LogP contribution in [0.2, 0.25) is 0 Å². The molecule has 0 bridgehead atoms. The average molecular weight is 375 g/mol. The summed E-state index contributed by atoms with van der Waals surface area (Å²) in [4.78, 5) is 28.7. The Morgan fingerprint density at radius 3 is 2.54 bits per heavy atom. The van der Waals surface area contributed by atoms with Crippen LogP contribution < -0.4 is 10.6 Å². The minimum atomic E-state index is -0.433. The van der Waals surface area contributed by atoms with E-state index in [9.17, 15) is 9.59 Å². The number of hydrogen-bond donors (Lipinski definition) is 2. The number of ether oxygens (including phenoxy) is 1. The highest BCUT2D eigenvalue weighted by atomic mass is 32.1. The van der Waals surface area contributed by atoms with Crippen LogP contribution in [0.1, 0.15) is 42.5 Å². The van der Waals surface area contributed by atoms with Crippen LogP contribution in [0.3, 0.4) is 0 Å². The van der Waals surface area contributed by atoms with Gasteiger partial charge in [-0.25, -0.2) is 4.79 Å². The molecule has 2 rings (SSSR count). The summed E-state index contributed by atoms with van der Waals surface area (Å²) in [7, 11) is 0. The van der Waals surface area contributed by atoms with Crippen molar-refractivity contribution in [2.45, 2.75) is 38.7 Å². The first-order chi connectivity index (χ1) is 12.7. The number of hydrogen-bond acceptors (Lipinski definition) is 5. The molecule has 6 nitrogen and oxygen atoms in total. The highest BCUT2D eigenvalue weighted by molar-refractivity contribution is 7.09. The van der Waals surface area contributed by atoms with Gasteiger partial charge in [-0.15, -0.1) is 11.3 Å². The molecule has 26 heavy (non-hydrogen) atoms. The molecule has 1 atom stereocenters. The van der Waals surface area contributed by atoms with Crippen LogP contribution in [0, 0.1) is 0 Å². The van der Waals surface area contributed by atoms with Crippen LogP contribution >= 0.6 is 11.3 Å². The van der Waals surface area contributed by atoms with Crippen molar-refractivity contribution in [1.29, 1.82) is 0 Å². The highest BCUT2D eigenvalue weighted by Crippen LogP contribution is 2.19. The summed E-state index contributed by atoms with van der Waals surface area (Å²) in [6.07, 6.45) is 3.59. The fraction of sp³-hybridized carbons (Fsp3) is 0.421. The van der Waals surface area contributed by atoms with E-state index in [2.05, 4.69) is 15.6 Å². The Labute approximate surface area is 158 Å². The number of unbranched alkanes of at least 4 members (excludes halogenated alkanes) is 1. The molecule has 140 valence electrons. The predicted octanol–water partition coefficient (Wildman–Crippen LogP) is 3.46. The summed E-state index contributed by atoms with van der Waals surface area (Å²) in [6, 6.07) is 9.81. The van der Waals surface area contributed by atoms with Gasteiger partial charge >= 0.3 is 6.09 Å². The van der Waals surface area contributed by atoms with Crippen LogP contribution in [-0.2, 0) is 16.1 Å². The van der Waals surface area contributed by atoms with Crippen LogP contribution in [0.25, 0.3) is 0 Å². The predicted molar refractivity (Wildman–Crippen MR) is 102 cm³/mol. The second kappa shape index (κ2) is 11.3. The second-order valence-electron chi connectivity index (χ2n) is 5.84. The van der Waals surface area contributed by atoms with Gasteiger partial charge in [0, 0.05) is 19.3 Å². The lowest BCUT2D eigenvalue weighted by molar-refractivity contribution is -0.122. The quantitative estimate of drug-likeness (QED) is 0.623. The third kappa shape index (κ3) is 6.84. The number of thiazole rings is 1. The van der Waals surface area contributed by atoms with E-state index < -0.39 is 6.09 Å². The van der Waals surface area contributed by atoms with Gasteiger partial charge in [0.25, 0.3) is 0 Å². The number of alkyl carbamates (subject to hydrolysis) is 1. The van der Waals surface area contributed by atoms with E-state index >= 15 is 0 Å². The Hall–Kier alpha value is -2.41. The molecule has 0 aliphatic heterocycles. The van der Waals surface area contributed by atoms with Crippen LogP contribution in [0.4, 0.5) is 4.79 Å². The SMILES string of the molecule is CC[C@@H](C(=O)NCCCCNC(=O)OCc1cncs1)c1ccccc1. The summed E-state index contributed by atoms with van der Waals surface area (Å²) in [5.41, 5.74) is 2.74. The summed E-state index contributed by atoms with van der Waals surface area (Å²) in [6.45, 7) is 3.37. The summed E-state index contributed by atoms with van der Waals surface area (Å²) in [5.74, 6) is -0.0633. The van der Waals surface area contributed by atoms with Gasteiger partial charge in [-0.05, 0) is 24.8 Å². The van der Waals surface area contributed by atoms with E-state index in [1.807, 2.05) is 37.3 Å². The monoisotopic (exact) mass is 375 g/mol. The zero-order chi connectivity index (χ0) is 18.6. The van der Waals surface area contributed by atoms with Gasteiger partial charge in [-0.3, -0.25) is 9.78 Å². The van der Waals surface area contributed by atoms with E-state index in [0.29, 0.717) is 13.1 Å². The lowest BCUT2D eigenvalue weighted by atomic mass is 9.95. The van der Waals surface area contributed by atoms with E-state index in [1.54, 1.807) is 11.7 Å². The molecule has 1 aromatic heterocycles. The van der Waals surface area contributed by atoms with Crippen molar-refractivity contribution in [2.24, 2.45) is 0 Å². The zero-order valence-corrected chi connectivity index (χ0v) is 15.8. The van der Waals surface area contributed by atoms with Gasteiger partial charge in [0.2, 0.25) is 5.91 Å².